The number of anilines is 3. The highest BCUT2D eigenvalue weighted by atomic mass is 19.1. The Morgan fingerprint density at radius 1 is 1.11 bits per heavy atom. The van der Waals surface area contributed by atoms with Crippen molar-refractivity contribution in [3.8, 4) is 0 Å². The Bertz CT molecular complexity index is 968. The highest BCUT2D eigenvalue weighted by Crippen LogP contribution is 2.39. The molecule has 1 aliphatic carbocycles. The summed E-state index contributed by atoms with van der Waals surface area (Å²) in [7, 11) is 0. The molecule has 27 heavy (non-hydrogen) atoms. The second-order valence-electron chi connectivity index (χ2n) is 6.67. The number of benzene rings is 1. The molecule has 1 aromatic carbocycles. The van der Waals surface area contributed by atoms with E-state index in [-0.39, 0.29) is 0 Å². The Balaban J connectivity index is 1.50. The summed E-state index contributed by atoms with van der Waals surface area (Å²) in [6.07, 6.45) is 2.36. The lowest BCUT2D eigenvalue weighted by Crippen LogP contribution is -2.13. The van der Waals surface area contributed by atoms with Crippen molar-refractivity contribution in [2.24, 2.45) is 0 Å². The highest BCUT2D eigenvalue weighted by Gasteiger charge is 2.25. The maximum Gasteiger partial charge on any atom is 0.233 e. The molecule has 0 aliphatic heterocycles. The minimum atomic E-state index is -0.622. The lowest BCUT2D eigenvalue weighted by atomic mass is 10.1. The van der Waals surface area contributed by atoms with Crippen molar-refractivity contribution in [1.82, 2.24) is 25.1 Å². The highest BCUT2D eigenvalue weighted by molar-refractivity contribution is 5.50. The first kappa shape index (κ1) is 17.3. The van der Waals surface area contributed by atoms with Crippen LogP contribution in [-0.2, 0) is 0 Å². The number of nitrogens with one attached hydrogen (secondary N) is 3. The van der Waals surface area contributed by atoms with Crippen LogP contribution in [0.3, 0.4) is 0 Å². The summed E-state index contributed by atoms with van der Waals surface area (Å²) < 4.78 is 27.1. The number of aromatic amines is 1. The van der Waals surface area contributed by atoms with E-state index in [0.29, 0.717) is 35.0 Å². The molecule has 0 spiro atoms. The minimum Gasteiger partial charge on any atom is -0.347 e. The van der Waals surface area contributed by atoms with E-state index >= 15 is 0 Å². The van der Waals surface area contributed by atoms with E-state index in [9.17, 15) is 8.78 Å². The maximum absolute atomic E-state index is 14.0. The van der Waals surface area contributed by atoms with Crippen LogP contribution < -0.4 is 10.6 Å². The molecule has 2 aromatic heterocycles. The van der Waals surface area contributed by atoms with Gasteiger partial charge in [0.25, 0.3) is 0 Å². The molecular weight excluding hydrogens is 352 g/mol. The summed E-state index contributed by atoms with van der Waals surface area (Å²) >= 11 is 0. The van der Waals surface area contributed by atoms with Gasteiger partial charge in [0.2, 0.25) is 11.9 Å². The van der Waals surface area contributed by atoms with Crippen LogP contribution in [-0.4, -0.2) is 25.1 Å². The summed E-state index contributed by atoms with van der Waals surface area (Å²) in [5, 5.41) is 13.3. The van der Waals surface area contributed by atoms with Crippen LogP contribution in [0, 0.1) is 18.6 Å². The fraction of sp³-hybridized carbons (Fsp3) is 0.333. The first-order valence-corrected chi connectivity index (χ1v) is 8.74. The summed E-state index contributed by atoms with van der Waals surface area (Å²) in [5.41, 5.74) is 1.42. The Labute approximate surface area is 154 Å². The Morgan fingerprint density at radius 3 is 2.63 bits per heavy atom. The minimum absolute atomic E-state index is 0.291. The normalized spacial score (nSPS) is 14.8. The zero-order valence-corrected chi connectivity index (χ0v) is 14.9. The third-order valence-corrected chi connectivity index (χ3v) is 4.38. The lowest BCUT2D eigenvalue weighted by molar-refractivity contribution is 0.566. The number of H-pyrrole nitrogens is 1. The molecule has 4 rings (SSSR count). The van der Waals surface area contributed by atoms with E-state index in [4.69, 9.17) is 0 Å². The van der Waals surface area contributed by atoms with Crippen LogP contribution in [0.5, 0.6) is 0 Å². The zero-order chi connectivity index (χ0) is 19.0. The second kappa shape index (κ2) is 6.90. The lowest BCUT2D eigenvalue weighted by Gasteiger charge is -2.15. The Hall–Kier alpha value is -3.10. The first-order chi connectivity index (χ1) is 13.0. The molecule has 3 aromatic rings. The molecule has 1 unspecified atom stereocenters. The molecule has 1 fully saturated rings. The molecule has 0 saturated heterocycles. The zero-order valence-electron chi connectivity index (χ0n) is 14.9. The van der Waals surface area contributed by atoms with Gasteiger partial charge < -0.3 is 10.6 Å². The van der Waals surface area contributed by atoms with Gasteiger partial charge in [-0.25, -0.2) is 8.78 Å². The summed E-state index contributed by atoms with van der Waals surface area (Å²) in [6, 6.07) is 4.97. The smallest absolute Gasteiger partial charge is 0.233 e. The van der Waals surface area contributed by atoms with Crippen molar-refractivity contribution in [3.05, 3.63) is 53.0 Å². The van der Waals surface area contributed by atoms with Gasteiger partial charge in [-0.15, -0.1) is 0 Å². The predicted octanol–water partition coefficient (Wildman–Crippen LogP) is 3.98. The molecule has 3 N–H and O–H groups in total. The van der Waals surface area contributed by atoms with Gasteiger partial charge >= 0.3 is 0 Å². The fourth-order valence-electron chi connectivity index (χ4n) is 2.85. The average molecular weight is 371 g/mol. The van der Waals surface area contributed by atoms with Crippen molar-refractivity contribution < 1.29 is 8.78 Å². The van der Waals surface area contributed by atoms with Gasteiger partial charge in [-0.05, 0) is 32.8 Å². The number of aromatic nitrogens is 5. The van der Waals surface area contributed by atoms with Crippen LogP contribution in [0.25, 0.3) is 0 Å². The van der Waals surface area contributed by atoms with E-state index in [2.05, 4.69) is 35.8 Å². The van der Waals surface area contributed by atoms with Gasteiger partial charge in [0.05, 0.1) is 6.04 Å². The van der Waals surface area contributed by atoms with Gasteiger partial charge in [0.15, 0.2) is 5.82 Å². The SMILES string of the molecule is Cc1nc(Nc2cc(C3CC3)[nH]n2)nc(NC(C)c2ccc(F)cc2F)n1. The van der Waals surface area contributed by atoms with Gasteiger partial charge in [0.1, 0.15) is 17.5 Å². The number of rotatable bonds is 6. The molecule has 9 heteroatoms. The van der Waals surface area contributed by atoms with Crippen LogP contribution in [0.1, 0.15) is 48.8 Å². The van der Waals surface area contributed by atoms with Crippen molar-refractivity contribution >= 4 is 17.7 Å². The first-order valence-electron chi connectivity index (χ1n) is 8.74. The predicted molar refractivity (Wildman–Crippen MR) is 96.8 cm³/mol. The number of nitrogens with zero attached hydrogens (tertiary/aromatic N) is 4. The molecular formula is C18H19F2N7. The number of hydrogen-bond acceptors (Lipinski definition) is 6. The second-order valence-corrected chi connectivity index (χ2v) is 6.67. The maximum atomic E-state index is 14.0. The van der Waals surface area contributed by atoms with Crippen LogP contribution in [0.15, 0.2) is 24.3 Å². The molecule has 1 saturated carbocycles. The Morgan fingerprint density at radius 2 is 1.89 bits per heavy atom. The van der Waals surface area contributed by atoms with Gasteiger partial charge in [-0.1, -0.05) is 6.07 Å². The van der Waals surface area contributed by atoms with Gasteiger partial charge in [-0.3, -0.25) is 5.10 Å². The molecule has 1 atom stereocenters. The summed E-state index contributed by atoms with van der Waals surface area (Å²) in [5.74, 6) is 1.09. The van der Waals surface area contributed by atoms with Crippen LogP contribution in [0.2, 0.25) is 0 Å². The topological polar surface area (TPSA) is 91.4 Å². The van der Waals surface area contributed by atoms with Gasteiger partial charge in [0, 0.05) is 29.3 Å². The van der Waals surface area contributed by atoms with Crippen LogP contribution >= 0.6 is 0 Å². The quantitative estimate of drug-likeness (QED) is 0.607. The van der Waals surface area contributed by atoms with E-state index in [1.165, 1.54) is 25.0 Å². The summed E-state index contributed by atoms with van der Waals surface area (Å²) in [4.78, 5) is 12.8. The third-order valence-electron chi connectivity index (χ3n) is 4.38. The third kappa shape index (κ3) is 4.02. The fourth-order valence-corrected chi connectivity index (χ4v) is 2.85. The monoisotopic (exact) mass is 371 g/mol. The van der Waals surface area contributed by atoms with E-state index < -0.39 is 17.7 Å². The summed E-state index contributed by atoms with van der Waals surface area (Å²) in [6.45, 7) is 3.49. The van der Waals surface area contributed by atoms with Crippen molar-refractivity contribution in [1.29, 1.82) is 0 Å². The number of hydrogen-bond donors (Lipinski definition) is 3. The van der Waals surface area contributed by atoms with Gasteiger partial charge in [-0.2, -0.15) is 20.1 Å². The molecule has 1 aliphatic rings. The standard InChI is InChI=1S/C18H19F2N7/c1-9(13-6-5-12(19)7-14(13)20)21-17-22-10(2)23-18(25-17)24-16-8-15(26-27-16)11-3-4-11/h5-9,11H,3-4H2,1-2H3,(H3,21,22,23,24,25,26,27). The van der Waals surface area contributed by atoms with E-state index in [1.54, 1.807) is 13.8 Å². The number of halogens is 2. The molecule has 0 radical (unpaired) electrons. The number of aryl methyl sites for hydroxylation is 1. The molecule has 140 valence electrons. The Kier molecular flexibility index (Phi) is 4.43. The molecule has 7 nitrogen and oxygen atoms in total. The van der Waals surface area contributed by atoms with Crippen molar-refractivity contribution in [2.75, 3.05) is 10.6 Å². The average Bonchev–Trinajstić information content (AvgIpc) is 3.34. The van der Waals surface area contributed by atoms with Crippen molar-refractivity contribution in [3.63, 3.8) is 0 Å². The van der Waals surface area contributed by atoms with E-state index in [1.807, 2.05) is 6.07 Å². The molecule has 2 heterocycles. The van der Waals surface area contributed by atoms with E-state index in [0.717, 1.165) is 11.8 Å². The largest absolute Gasteiger partial charge is 0.347 e. The van der Waals surface area contributed by atoms with Crippen molar-refractivity contribution in [2.45, 2.75) is 38.6 Å². The molecule has 0 bridgehead atoms. The molecule has 0 amide bonds. The van der Waals surface area contributed by atoms with Crippen LogP contribution in [0.4, 0.5) is 26.5 Å².